The van der Waals surface area contributed by atoms with E-state index in [9.17, 15) is 0 Å². The van der Waals surface area contributed by atoms with Gasteiger partial charge in [0.2, 0.25) is 0 Å². The van der Waals surface area contributed by atoms with Crippen molar-refractivity contribution in [3.8, 4) is 45.3 Å². The molecule has 4 nitrogen and oxygen atoms in total. The minimum Gasteiger partial charge on any atom is -0.455 e. The maximum Gasteiger partial charge on any atom is 0.164 e. The Morgan fingerprint density at radius 3 is 1.86 bits per heavy atom. The Balaban J connectivity index is 1.08. The molecule has 4 heterocycles. The topological polar surface area (TPSA) is 51.8 Å². The summed E-state index contributed by atoms with van der Waals surface area (Å²) in [4.78, 5) is 15.2. The first-order chi connectivity index (χ1) is 25.2. The summed E-state index contributed by atoms with van der Waals surface area (Å²) in [5.41, 5.74) is 6.98. The molecular formula is C45H25N3OS2. The van der Waals surface area contributed by atoms with Crippen LogP contribution in [-0.2, 0) is 0 Å². The Labute approximate surface area is 299 Å². The van der Waals surface area contributed by atoms with Crippen molar-refractivity contribution in [3.05, 3.63) is 152 Å². The van der Waals surface area contributed by atoms with Crippen molar-refractivity contribution in [2.45, 2.75) is 0 Å². The lowest BCUT2D eigenvalue weighted by atomic mass is 10.00. The fourth-order valence-corrected chi connectivity index (χ4v) is 9.68. The van der Waals surface area contributed by atoms with Gasteiger partial charge in [-0.05, 0) is 36.4 Å². The highest BCUT2D eigenvalue weighted by Gasteiger charge is 2.18. The first-order valence-corrected chi connectivity index (χ1v) is 18.5. The summed E-state index contributed by atoms with van der Waals surface area (Å²) in [5, 5.41) is 7.19. The molecule has 0 atom stereocenters. The highest BCUT2D eigenvalue weighted by molar-refractivity contribution is 7.26. The van der Waals surface area contributed by atoms with Crippen LogP contribution in [0.2, 0.25) is 0 Å². The largest absolute Gasteiger partial charge is 0.455 e. The van der Waals surface area contributed by atoms with Gasteiger partial charge in [0.1, 0.15) is 11.2 Å². The van der Waals surface area contributed by atoms with Crippen LogP contribution in [0.25, 0.3) is 108 Å². The van der Waals surface area contributed by atoms with E-state index in [-0.39, 0.29) is 0 Å². The molecule has 0 radical (unpaired) electrons. The lowest BCUT2D eigenvalue weighted by Gasteiger charge is -2.09. The van der Waals surface area contributed by atoms with Crippen molar-refractivity contribution in [1.29, 1.82) is 0 Å². The highest BCUT2D eigenvalue weighted by atomic mass is 32.1. The van der Waals surface area contributed by atoms with Crippen LogP contribution in [0, 0.1) is 0 Å². The number of fused-ring (bicyclic) bond motifs is 9. The van der Waals surface area contributed by atoms with Gasteiger partial charge in [0.25, 0.3) is 0 Å². The van der Waals surface area contributed by atoms with E-state index in [1.165, 1.54) is 45.9 Å². The summed E-state index contributed by atoms with van der Waals surface area (Å²) < 4.78 is 11.4. The van der Waals surface area contributed by atoms with Crippen molar-refractivity contribution >= 4 is 85.0 Å². The lowest BCUT2D eigenvalue weighted by Crippen LogP contribution is -2.00. The van der Waals surface area contributed by atoms with Gasteiger partial charge in [-0.1, -0.05) is 115 Å². The van der Waals surface area contributed by atoms with Crippen LogP contribution in [0.4, 0.5) is 0 Å². The van der Waals surface area contributed by atoms with E-state index in [2.05, 4.69) is 121 Å². The highest BCUT2D eigenvalue weighted by Crippen LogP contribution is 2.44. The maximum absolute atomic E-state index is 6.45. The molecule has 51 heavy (non-hydrogen) atoms. The Morgan fingerprint density at radius 1 is 0.373 bits per heavy atom. The Hall–Kier alpha value is -6.21. The van der Waals surface area contributed by atoms with Gasteiger partial charge in [0.05, 0.1) is 0 Å². The molecule has 7 aromatic carbocycles. The van der Waals surface area contributed by atoms with E-state index in [1.54, 1.807) is 11.3 Å². The molecule has 0 aliphatic rings. The molecule has 4 aromatic heterocycles. The van der Waals surface area contributed by atoms with Crippen LogP contribution in [-0.4, -0.2) is 15.0 Å². The summed E-state index contributed by atoms with van der Waals surface area (Å²) >= 11 is 3.61. The minimum absolute atomic E-state index is 0.653. The molecule has 11 rings (SSSR count). The molecule has 0 unspecified atom stereocenters. The number of furan rings is 1. The van der Waals surface area contributed by atoms with Crippen molar-refractivity contribution in [1.82, 2.24) is 15.0 Å². The number of benzene rings is 7. The predicted molar refractivity (Wildman–Crippen MR) is 215 cm³/mol. The fourth-order valence-electron chi connectivity index (χ4n) is 7.32. The smallest absolute Gasteiger partial charge is 0.164 e. The number of rotatable bonds is 4. The molecular weight excluding hydrogens is 663 g/mol. The monoisotopic (exact) mass is 687 g/mol. The van der Waals surface area contributed by atoms with Crippen molar-refractivity contribution in [3.63, 3.8) is 0 Å². The van der Waals surface area contributed by atoms with E-state index in [1.807, 2.05) is 41.7 Å². The maximum atomic E-state index is 6.45. The number of para-hydroxylation sites is 2. The third-order valence-corrected chi connectivity index (χ3v) is 12.1. The number of hydrogen-bond donors (Lipinski definition) is 0. The molecule has 0 saturated carbocycles. The van der Waals surface area contributed by atoms with Crippen LogP contribution in [0.3, 0.4) is 0 Å². The Bertz CT molecular complexity index is 3160. The van der Waals surface area contributed by atoms with Gasteiger partial charge in [0, 0.05) is 78.9 Å². The quantitative estimate of drug-likeness (QED) is 0.185. The van der Waals surface area contributed by atoms with E-state index in [4.69, 9.17) is 19.4 Å². The van der Waals surface area contributed by atoms with E-state index >= 15 is 0 Å². The van der Waals surface area contributed by atoms with Crippen LogP contribution in [0.1, 0.15) is 0 Å². The zero-order valence-electron chi connectivity index (χ0n) is 27.0. The molecule has 11 aromatic rings. The molecule has 0 fully saturated rings. The average Bonchev–Trinajstić information content (AvgIpc) is 3.89. The molecule has 0 saturated heterocycles. The first-order valence-electron chi connectivity index (χ1n) is 16.8. The van der Waals surface area contributed by atoms with E-state index in [0.717, 1.165) is 44.2 Å². The minimum atomic E-state index is 0.653. The summed E-state index contributed by atoms with van der Waals surface area (Å²) in [7, 11) is 0. The molecule has 0 bridgehead atoms. The first kappa shape index (κ1) is 28.6. The van der Waals surface area contributed by atoms with Crippen LogP contribution in [0.15, 0.2) is 156 Å². The van der Waals surface area contributed by atoms with Crippen molar-refractivity contribution < 1.29 is 4.42 Å². The second-order valence-electron chi connectivity index (χ2n) is 12.8. The summed E-state index contributed by atoms with van der Waals surface area (Å²) in [6.07, 6.45) is 0. The lowest BCUT2D eigenvalue weighted by molar-refractivity contribution is 0.670. The summed E-state index contributed by atoms with van der Waals surface area (Å²) in [5.74, 6) is 1.97. The Kier molecular flexibility index (Phi) is 6.26. The van der Waals surface area contributed by atoms with Gasteiger partial charge in [-0.15, -0.1) is 22.7 Å². The number of aromatic nitrogens is 3. The molecule has 6 heteroatoms. The number of thiophene rings is 2. The molecule has 0 N–H and O–H groups in total. The van der Waals surface area contributed by atoms with Gasteiger partial charge in [-0.25, -0.2) is 15.0 Å². The van der Waals surface area contributed by atoms with Crippen LogP contribution in [0.5, 0.6) is 0 Å². The molecule has 0 spiro atoms. The summed E-state index contributed by atoms with van der Waals surface area (Å²) in [6.45, 7) is 0. The van der Waals surface area contributed by atoms with Crippen LogP contribution >= 0.6 is 22.7 Å². The fraction of sp³-hybridized carbons (Fsp3) is 0. The summed E-state index contributed by atoms with van der Waals surface area (Å²) in [6, 6.07) is 53.1. The molecule has 0 aliphatic heterocycles. The third-order valence-electron chi connectivity index (χ3n) is 9.75. The van der Waals surface area contributed by atoms with Gasteiger partial charge in [-0.3, -0.25) is 0 Å². The zero-order chi connectivity index (χ0) is 33.5. The normalized spacial score (nSPS) is 11.9. The van der Waals surface area contributed by atoms with Gasteiger partial charge < -0.3 is 4.42 Å². The predicted octanol–water partition coefficient (Wildman–Crippen LogP) is 13.2. The standard InChI is InChI=1S/C45H25N3OS2/c1-2-10-26(11-3-1)43-46-44(48-45(47-43)28-20-22-31-30-13-5-7-19-38(30)50-40(31)25-28)27-21-23-39-36(24-27)35-17-9-16-34(42(35)51-39)33-15-8-14-32-29-12-4-6-18-37(29)49-41(32)33/h1-25H. The van der Waals surface area contributed by atoms with Gasteiger partial charge in [0.15, 0.2) is 17.5 Å². The SMILES string of the molecule is c1ccc(-c2nc(-c3ccc4c(c3)sc3ccccc34)nc(-c3ccc4sc5c(-c6cccc7c6oc6ccccc67)cccc5c4c3)n2)cc1. The van der Waals surface area contributed by atoms with Crippen LogP contribution < -0.4 is 0 Å². The van der Waals surface area contributed by atoms with E-state index < -0.39 is 0 Å². The number of nitrogens with zero attached hydrogens (tertiary/aromatic N) is 3. The molecule has 238 valence electrons. The zero-order valence-corrected chi connectivity index (χ0v) is 28.6. The van der Waals surface area contributed by atoms with Gasteiger partial charge in [-0.2, -0.15) is 0 Å². The van der Waals surface area contributed by atoms with Crippen molar-refractivity contribution in [2.75, 3.05) is 0 Å². The molecule has 0 aliphatic carbocycles. The van der Waals surface area contributed by atoms with E-state index in [0.29, 0.717) is 17.5 Å². The van der Waals surface area contributed by atoms with Crippen molar-refractivity contribution in [2.24, 2.45) is 0 Å². The third kappa shape index (κ3) is 4.54. The number of hydrogen-bond acceptors (Lipinski definition) is 6. The average molecular weight is 688 g/mol. The second-order valence-corrected chi connectivity index (χ2v) is 14.9. The van der Waals surface area contributed by atoms with Gasteiger partial charge >= 0.3 is 0 Å². The second kappa shape index (κ2) is 11.2. The molecule has 0 amide bonds. The Morgan fingerprint density at radius 2 is 1.00 bits per heavy atom.